The van der Waals surface area contributed by atoms with Crippen LogP contribution in [0.3, 0.4) is 0 Å². The fraction of sp³-hybridized carbons (Fsp3) is 0.417. The molecule has 0 bridgehead atoms. The van der Waals surface area contributed by atoms with Gasteiger partial charge in [0.2, 0.25) is 5.91 Å². The van der Waals surface area contributed by atoms with Gasteiger partial charge in [-0.05, 0) is 24.6 Å². The van der Waals surface area contributed by atoms with Crippen molar-refractivity contribution in [3.8, 4) is 0 Å². The third-order valence-corrected chi connectivity index (χ3v) is 2.67. The highest BCUT2D eigenvalue weighted by Gasteiger charge is 2.10. The molecule has 1 aromatic carbocycles. The Balaban J connectivity index is 2.83. The second-order valence-corrected chi connectivity index (χ2v) is 4.22. The van der Waals surface area contributed by atoms with Crippen LogP contribution >= 0.6 is 11.6 Å². The molecule has 1 rings (SSSR count). The molecule has 0 spiro atoms. The van der Waals surface area contributed by atoms with Crippen molar-refractivity contribution in [1.82, 2.24) is 5.32 Å². The van der Waals surface area contributed by atoms with E-state index < -0.39 is 0 Å². The van der Waals surface area contributed by atoms with E-state index in [1.165, 1.54) is 0 Å². The zero-order chi connectivity index (χ0) is 12.8. The first-order valence-corrected chi connectivity index (χ1v) is 5.92. The van der Waals surface area contributed by atoms with Crippen LogP contribution in [0.5, 0.6) is 0 Å². The van der Waals surface area contributed by atoms with Crippen LogP contribution in [0.25, 0.3) is 0 Å². The van der Waals surface area contributed by atoms with Crippen molar-refractivity contribution < 1.29 is 4.79 Å². The van der Waals surface area contributed by atoms with E-state index >= 15 is 0 Å². The van der Waals surface area contributed by atoms with E-state index in [1.54, 1.807) is 6.07 Å². The highest BCUT2D eigenvalue weighted by atomic mass is 35.5. The molecule has 0 heterocycles. The van der Waals surface area contributed by atoms with Gasteiger partial charge in [-0.15, -0.1) is 0 Å². The number of halogens is 1. The van der Waals surface area contributed by atoms with Crippen LogP contribution in [0.15, 0.2) is 18.2 Å². The molecule has 1 amide bonds. The SMILES string of the molecule is CCNC(=O)CN(C)c1cc(Cl)ccc1CN. The summed E-state index contributed by atoms with van der Waals surface area (Å²) in [6, 6.07) is 5.50. The molecule has 0 aromatic heterocycles. The Bertz CT molecular complexity index is 395. The monoisotopic (exact) mass is 255 g/mol. The van der Waals surface area contributed by atoms with E-state index in [-0.39, 0.29) is 5.91 Å². The maximum absolute atomic E-state index is 11.5. The molecule has 3 N–H and O–H groups in total. The van der Waals surface area contributed by atoms with Crippen LogP contribution in [0.2, 0.25) is 5.02 Å². The summed E-state index contributed by atoms with van der Waals surface area (Å²) in [6.07, 6.45) is 0. The average Bonchev–Trinajstić information content (AvgIpc) is 2.29. The van der Waals surface area contributed by atoms with Crippen LogP contribution in [0.4, 0.5) is 5.69 Å². The predicted octanol–water partition coefficient (Wildman–Crippen LogP) is 1.37. The van der Waals surface area contributed by atoms with Crippen LogP contribution in [-0.2, 0) is 11.3 Å². The van der Waals surface area contributed by atoms with Crippen LogP contribution in [-0.4, -0.2) is 26.0 Å². The Morgan fingerprint density at radius 3 is 2.82 bits per heavy atom. The minimum Gasteiger partial charge on any atom is -0.365 e. The van der Waals surface area contributed by atoms with Gasteiger partial charge in [-0.3, -0.25) is 4.79 Å². The topological polar surface area (TPSA) is 58.4 Å². The predicted molar refractivity (Wildman–Crippen MR) is 71.3 cm³/mol. The summed E-state index contributed by atoms with van der Waals surface area (Å²) in [5.41, 5.74) is 7.53. The number of likely N-dealkylation sites (N-methyl/N-ethyl adjacent to an activating group) is 2. The van der Waals surface area contributed by atoms with Gasteiger partial charge in [0.15, 0.2) is 0 Å². The number of benzene rings is 1. The Labute approximate surface area is 107 Å². The van der Waals surface area contributed by atoms with E-state index in [0.29, 0.717) is 24.7 Å². The number of hydrogen-bond donors (Lipinski definition) is 2. The lowest BCUT2D eigenvalue weighted by Gasteiger charge is -2.21. The highest BCUT2D eigenvalue weighted by molar-refractivity contribution is 6.30. The van der Waals surface area contributed by atoms with Crippen LogP contribution < -0.4 is 16.0 Å². The number of amides is 1. The fourth-order valence-electron chi connectivity index (χ4n) is 1.62. The maximum atomic E-state index is 11.5. The minimum absolute atomic E-state index is 0.0158. The number of carbonyl (C=O) groups excluding carboxylic acids is 1. The maximum Gasteiger partial charge on any atom is 0.239 e. The van der Waals surface area contributed by atoms with Gasteiger partial charge >= 0.3 is 0 Å². The third kappa shape index (κ3) is 3.91. The lowest BCUT2D eigenvalue weighted by Crippen LogP contribution is -2.35. The second kappa shape index (κ2) is 6.47. The van der Waals surface area contributed by atoms with Crippen LogP contribution in [0, 0.1) is 0 Å². The Morgan fingerprint density at radius 1 is 1.53 bits per heavy atom. The molecule has 1 aromatic rings. The average molecular weight is 256 g/mol. The first-order valence-electron chi connectivity index (χ1n) is 5.54. The summed E-state index contributed by atoms with van der Waals surface area (Å²) < 4.78 is 0. The molecule has 94 valence electrons. The van der Waals surface area contributed by atoms with E-state index in [4.69, 9.17) is 17.3 Å². The molecule has 0 saturated heterocycles. The molecule has 0 aliphatic carbocycles. The molecular formula is C12H18ClN3O. The largest absolute Gasteiger partial charge is 0.365 e. The van der Waals surface area contributed by atoms with E-state index in [2.05, 4.69) is 5.32 Å². The van der Waals surface area contributed by atoms with Gasteiger partial charge < -0.3 is 16.0 Å². The van der Waals surface area contributed by atoms with E-state index in [1.807, 2.05) is 31.0 Å². The molecule has 0 unspecified atom stereocenters. The zero-order valence-electron chi connectivity index (χ0n) is 10.2. The number of nitrogens with one attached hydrogen (secondary N) is 1. The van der Waals surface area contributed by atoms with Crippen molar-refractivity contribution in [2.75, 3.05) is 25.0 Å². The molecule has 17 heavy (non-hydrogen) atoms. The summed E-state index contributed by atoms with van der Waals surface area (Å²) in [4.78, 5) is 13.3. The summed E-state index contributed by atoms with van der Waals surface area (Å²) >= 11 is 5.95. The van der Waals surface area contributed by atoms with Crippen molar-refractivity contribution in [2.45, 2.75) is 13.5 Å². The number of nitrogens with two attached hydrogens (primary N) is 1. The molecule has 5 heteroatoms. The third-order valence-electron chi connectivity index (χ3n) is 2.43. The Morgan fingerprint density at radius 2 is 2.24 bits per heavy atom. The number of hydrogen-bond acceptors (Lipinski definition) is 3. The van der Waals surface area contributed by atoms with Gasteiger partial charge in [0.05, 0.1) is 6.54 Å². The van der Waals surface area contributed by atoms with Gasteiger partial charge in [-0.25, -0.2) is 0 Å². The van der Waals surface area contributed by atoms with Gasteiger partial charge in [-0.1, -0.05) is 17.7 Å². The molecule has 0 aliphatic heterocycles. The van der Waals surface area contributed by atoms with Gasteiger partial charge in [0.1, 0.15) is 0 Å². The summed E-state index contributed by atoms with van der Waals surface area (Å²) in [7, 11) is 1.85. The molecule has 0 fully saturated rings. The summed E-state index contributed by atoms with van der Waals surface area (Å²) in [5.74, 6) is -0.0158. The smallest absolute Gasteiger partial charge is 0.239 e. The van der Waals surface area contributed by atoms with Crippen molar-refractivity contribution in [3.05, 3.63) is 28.8 Å². The molecular weight excluding hydrogens is 238 g/mol. The summed E-state index contributed by atoms with van der Waals surface area (Å²) in [6.45, 7) is 3.24. The zero-order valence-corrected chi connectivity index (χ0v) is 10.9. The quantitative estimate of drug-likeness (QED) is 0.836. The van der Waals surface area contributed by atoms with Crippen molar-refractivity contribution >= 4 is 23.2 Å². The number of carbonyl (C=O) groups is 1. The number of rotatable bonds is 5. The summed E-state index contributed by atoms with van der Waals surface area (Å²) in [5, 5.41) is 3.39. The number of anilines is 1. The van der Waals surface area contributed by atoms with Gasteiger partial charge in [-0.2, -0.15) is 0 Å². The van der Waals surface area contributed by atoms with Crippen molar-refractivity contribution in [3.63, 3.8) is 0 Å². The first-order chi connectivity index (χ1) is 8.08. The van der Waals surface area contributed by atoms with Crippen molar-refractivity contribution in [1.29, 1.82) is 0 Å². The Kier molecular flexibility index (Phi) is 5.25. The second-order valence-electron chi connectivity index (χ2n) is 3.79. The van der Waals surface area contributed by atoms with Crippen molar-refractivity contribution in [2.24, 2.45) is 5.73 Å². The standard InChI is InChI=1S/C12H18ClN3O/c1-3-15-12(17)8-16(2)11-6-10(13)5-4-9(11)7-14/h4-6H,3,7-8,14H2,1-2H3,(H,15,17). The minimum atomic E-state index is -0.0158. The number of nitrogens with zero attached hydrogens (tertiary/aromatic N) is 1. The molecule has 4 nitrogen and oxygen atoms in total. The molecule has 0 radical (unpaired) electrons. The first kappa shape index (κ1) is 13.8. The normalized spacial score (nSPS) is 10.1. The van der Waals surface area contributed by atoms with Crippen LogP contribution in [0.1, 0.15) is 12.5 Å². The molecule has 0 atom stereocenters. The Hall–Kier alpha value is -1.26. The fourth-order valence-corrected chi connectivity index (χ4v) is 1.78. The van der Waals surface area contributed by atoms with E-state index in [0.717, 1.165) is 11.3 Å². The van der Waals surface area contributed by atoms with Gasteiger partial charge in [0.25, 0.3) is 0 Å². The highest BCUT2D eigenvalue weighted by Crippen LogP contribution is 2.23. The lowest BCUT2D eigenvalue weighted by molar-refractivity contribution is -0.119. The molecule has 0 aliphatic rings. The van der Waals surface area contributed by atoms with Gasteiger partial charge in [0, 0.05) is 30.8 Å². The molecule has 0 saturated carbocycles. The lowest BCUT2D eigenvalue weighted by atomic mass is 10.1. The van der Waals surface area contributed by atoms with E-state index in [9.17, 15) is 4.79 Å².